The number of aromatic carboxylic acids is 1. The number of carboxylic acids is 1. The van der Waals surface area contributed by atoms with Gasteiger partial charge < -0.3 is 19.9 Å². The minimum Gasteiger partial charge on any atom is -0.490 e. The van der Waals surface area contributed by atoms with E-state index in [9.17, 15) is 9.18 Å². The van der Waals surface area contributed by atoms with Crippen LogP contribution in [0, 0.1) is 12.7 Å². The molecule has 5 nitrogen and oxygen atoms in total. The number of hydrogen-bond donors (Lipinski definition) is 2. The Balaban J connectivity index is 1.78. The van der Waals surface area contributed by atoms with Crippen molar-refractivity contribution < 1.29 is 23.8 Å². The van der Waals surface area contributed by atoms with Crippen molar-refractivity contribution >= 4 is 39.2 Å². The van der Waals surface area contributed by atoms with E-state index in [4.69, 9.17) is 26.2 Å². The summed E-state index contributed by atoms with van der Waals surface area (Å²) < 4.78 is 26.4. The number of aryl methyl sites for hydroxylation is 1. The van der Waals surface area contributed by atoms with Gasteiger partial charge in [0.25, 0.3) is 0 Å². The summed E-state index contributed by atoms with van der Waals surface area (Å²) >= 11 is 9.62. The van der Waals surface area contributed by atoms with E-state index >= 15 is 0 Å². The molecule has 168 valence electrons. The quantitative estimate of drug-likeness (QED) is 0.322. The lowest BCUT2D eigenvalue weighted by atomic mass is 10.1. The summed E-state index contributed by atoms with van der Waals surface area (Å²) in [6, 6.07) is 13.1. The average molecular weight is 523 g/mol. The molecule has 0 aromatic heterocycles. The lowest BCUT2D eigenvalue weighted by molar-refractivity contribution is 0.0697. The molecule has 3 aromatic rings. The number of rotatable bonds is 9. The Morgan fingerprint density at radius 1 is 1.19 bits per heavy atom. The van der Waals surface area contributed by atoms with E-state index < -0.39 is 11.8 Å². The highest BCUT2D eigenvalue weighted by atomic mass is 79.9. The van der Waals surface area contributed by atoms with Crippen LogP contribution in [0.4, 0.5) is 10.1 Å². The van der Waals surface area contributed by atoms with Gasteiger partial charge in [-0.25, -0.2) is 9.18 Å². The zero-order valence-corrected chi connectivity index (χ0v) is 19.9. The topological polar surface area (TPSA) is 67.8 Å². The van der Waals surface area contributed by atoms with Crippen LogP contribution >= 0.6 is 27.5 Å². The van der Waals surface area contributed by atoms with Crippen LogP contribution in [0.3, 0.4) is 0 Å². The highest BCUT2D eigenvalue weighted by molar-refractivity contribution is 9.10. The molecule has 2 N–H and O–H groups in total. The Kier molecular flexibility index (Phi) is 7.99. The van der Waals surface area contributed by atoms with Crippen molar-refractivity contribution in [3.8, 4) is 11.5 Å². The molecule has 32 heavy (non-hydrogen) atoms. The van der Waals surface area contributed by atoms with Crippen molar-refractivity contribution in [2.24, 2.45) is 0 Å². The van der Waals surface area contributed by atoms with Gasteiger partial charge in [0.05, 0.1) is 21.7 Å². The first-order chi connectivity index (χ1) is 15.3. The molecule has 3 rings (SSSR count). The van der Waals surface area contributed by atoms with Crippen molar-refractivity contribution in [1.29, 1.82) is 0 Å². The summed E-state index contributed by atoms with van der Waals surface area (Å²) in [7, 11) is 0. The Labute approximate surface area is 199 Å². The summed E-state index contributed by atoms with van der Waals surface area (Å²) in [6.07, 6.45) is 0. The van der Waals surface area contributed by atoms with Crippen LogP contribution in [0.5, 0.6) is 11.5 Å². The van der Waals surface area contributed by atoms with Crippen LogP contribution in [-0.2, 0) is 13.2 Å². The molecular weight excluding hydrogens is 501 g/mol. The predicted octanol–water partition coefficient (Wildman–Crippen LogP) is 6.84. The Morgan fingerprint density at radius 2 is 1.97 bits per heavy atom. The maximum atomic E-state index is 14.1. The minimum absolute atomic E-state index is 0.0447. The molecule has 0 heterocycles. The van der Waals surface area contributed by atoms with Gasteiger partial charge in [-0.1, -0.05) is 17.7 Å². The van der Waals surface area contributed by atoms with E-state index in [0.717, 1.165) is 16.8 Å². The second-order valence-electron chi connectivity index (χ2n) is 7.02. The van der Waals surface area contributed by atoms with Crippen molar-refractivity contribution in [3.63, 3.8) is 0 Å². The molecule has 0 aliphatic rings. The number of carboxylic acid groups (broad SMARTS) is 1. The first kappa shape index (κ1) is 23.9. The molecule has 8 heteroatoms. The third-order valence-corrected chi connectivity index (χ3v) is 5.69. The molecule has 0 radical (unpaired) electrons. The molecule has 3 aromatic carbocycles. The summed E-state index contributed by atoms with van der Waals surface area (Å²) in [4.78, 5) is 11.1. The molecule has 0 atom stereocenters. The van der Waals surface area contributed by atoms with Crippen molar-refractivity contribution in [3.05, 3.63) is 86.1 Å². The lowest BCUT2D eigenvalue weighted by Gasteiger charge is -2.17. The Bertz CT molecular complexity index is 1120. The van der Waals surface area contributed by atoms with Gasteiger partial charge in [-0.2, -0.15) is 0 Å². The highest BCUT2D eigenvalue weighted by Crippen LogP contribution is 2.38. The molecule has 0 aliphatic heterocycles. The highest BCUT2D eigenvalue weighted by Gasteiger charge is 2.15. The maximum absolute atomic E-state index is 14.1. The number of carbonyl (C=O) groups is 1. The fraction of sp³-hybridized carbons (Fsp3) is 0.208. The van der Waals surface area contributed by atoms with E-state index in [-0.39, 0.29) is 17.7 Å². The summed E-state index contributed by atoms with van der Waals surface area (Å²) in [5, 5.41) is 12.7. The van der Waals surface area contributed by atoms with Crippen LogP contribution in [0.2, 0.25) is 5.02 Å². The molecule has 0 saturated carbocycles. The van der Waals surface area contributed by atoms with Crippen molar-refractivity contribution in [1.82, 2.24) is 0 Å². The molecule has 0 fully saturated rings. The SMILES string of the molecule is CCOc1cc(CNc2ccc(C(=O)O)cc2C)cc(Br)c1OCc1c(F)cccc1Cl. The number of ether oxygens (including phenoxy) is 2. The van der Waals surface area contributed by atoms with Crippen LogP contribution in [-0.4, -0.2) is 17.7 Å². The zero-order chi connectivity index (χ0) is 23.3. The average Bonchev–Trinajstić information content (AvgIpc) is 2.74. The number of hydrogen-bond acceptors (Lipinski definition) is 4. The standard InChI is InChI=1S/C24H22BrClFNO4/c1-3-31-22-11-15(12-28-21-8-7-16(24(29)30)9-14(21)2)10-18(25)23(22)32-13-17-19(26)5-4-6-20(17)27/h4-11,28H,3,12-13H2,1-2H3,(H,29,30). The molecule has 0 spiro atoms. The van der Waals surface area contributed by atoms with E-state index in [2.05, 4.69) is 21.2 Å². The smallest absolute Gasteiger partial charge is 0.335 e. The zero-order valence-electron chi connectivity index (χ0n) is 17.5. The summed E-state index contributed by atoms with van der Waals surface area (Å²) in [6.45, 7) is 4.57. The molecule has 0 saturated heterocycles. The number of nitrogens with one attached hydrogen (secondary N) is 1. The second-order valence-corrected chi connectivity index (χ2v) is 8.28. The van der Waals surface area contributed by atoms with Gasteiger partial charge in [-0.3, -0.25) is 0 Å². The van der Waals surface area contributed by atoms with Gasteiger partial charge in [-0.15, -0.1) is 0 Å². The summed E-state index contributed by atoms with van der Waals surface area (Å²) in [5.41, 5.74) is 3.09. The lowest BCUT2D eigenvalue weighted by Crippen LogP contribution is -2.06. The largest absolute Gasteiger partial charge is 0.490 e. The molecular formula is C24H22BrClFNO4. The Hall–Kier alpha value is -2.77. The van der Waals surface area contributed by atoms with Gasteiger partial charge in [0, 0.05) is 17.8 Å². The number of halogens is 3. The minimum atomic E-state index is -0.961. The third-order valence-electron chi connectivity index (χ3n) is 4.75. The summed E-state index contributed by atoms with van der Waals surface area (Å²) in [5.74, 6) is -0.421. The number of benzene rings is 3. The fourth-order valence-corrected chi connectivity index (χ4v) is 3.95. The predicted molar refractivity (Wildman–Crippen MR) is 127 cm³/mol. The van der Waals surface area contributed by atoms with Crippen LogP contribution in [0.15, 0.2) is 53.0 Å². The molecule has 0 amide bonds. The fourth-order valence-electron chi connectivity index (χ4n) is 3.13. The van der Waals surface area contributed by atoms with Gasteiger partial charge in [-0.05, 0) is 83.4 Å². The molecule has 0 unspecified atom stereocenters. The van der Waals surface area contributed by atoms with Crippen LogP contribution in [0.1, 0.15) is 34.0 Å². The van der Waals surface area contributed by atoms with Gasteiger partial charge >= 0.3 is 5.97 Å². The maximum Gasteiger partial charge on any atom is 0.335 e. The second kappa shape index (κ2) is 10.7. The van der Waals surface area contributed by atoms with Crippen LogP contribution in [0.25, 0.3) is 0 Å². The van der Waals surface area contributed by atoms with E-state index in [1.165, 1.54) is 6.07 Å². The molecule has 0 aliphatic carbocycles. The van der Waals surface area contributed by atoms with Gasteiger partial charge in [0.15, 0.2) is 11.5 Å². The first-order valence-corrected chi connectivity index (χ1v) is 11.1. The van der Waals surface area contributed by atoms with E-state index in [0.29, 0.717) is 34.1 Å². The van der Waals surface area contributed by atoms with Crippen molar-refractivity contribution in [2.75, 3.05) is 11.9 Å². The van der Waals surface area contributed by atoms with Gasteiger partial charge in [0.1, 0.15) is 12.4 Å². The first-order valence-electron chi connectivity index (χ1n) is 9.88. The van der Waals surface area contributed by atoms with Crippen LogP contribution < -0.4 is 14.8 Å². The number of anilines is 1. The van der Waals surface area contributed by atoms with E-state index in [1.807, 2.05) is 26.0 Å². The van der Waals surface area contributed by atoms with E-state index in [1.54, 1.807) is 30.3 Å². The normalized spacial score (nSPS) is 10.7. The van der Waals surface area contributed by atoms with Gasteiger partial charge in [0.2, 0.25) is 0 Å². The third kappa shape index (κ3) is 5.72. The molecule has 0 bridgehead atoms. The van der Waals surface area contributed by atoms with Crippen molar-refractivity contribution in [2.45, 2.75) is 27.0 Å². The Morgan fingerprint density at radius 3 is 2.62 bits per heavy atom. The monoisotopic (exact) mass is 521 g/mol.